The van der Waals surface area contributed by atoms with Crippen molar-refractivity contribution in [1.82, 2.24) is 0 Å². The number of benzene rings is 1. The van der Waals surface area contributed by atoms with Crippen LogP contribution in [-0.2, 0) is 14.3 Å². The van der Waals surface area contributed by atoms with E-state index in [0.29, 0.717) is 6.42 Å². The SMILES string of the molecule is CCCCCCC[C@@H]1C[C@H](C[C@@H](O)CC=O)O[C@H](c2ccccc2)O1. The molecule has 0 aromatic heterocycles. The number of aliphatic hydroxyl groups is 1. The molecule has 1 N–H and O–H groups in total. The molecule has 1 aromatic rings. The summed E-state index contributed by atoms with van der Waals surface area (Å²) in [7, 11) is 0. The molecule has 25 heavy (non-hydrogen) atoms. The first-order valence-electron chi connectivity index (χ1n) is 9.70. The third-order valence-electron chi connectivity index (χ3n) is 4.76. The molecule has 1 aliphatic rings. The van der Waals surface area contributed by atoms with Gasteiger partial charge in [-0.15, -0.1) is 0 Å². The van der Waals surface area contributed by atoms with Crippen molar-refractivity contribution in [2.24, 2.45) is 0 Å². The second-order valence-electron chi connectivity index (χ2n) is 6.99. The smallest absolute Gasteiger partial charge is 0.184 e. The van der Waals surface area contributed by atoms with Gasteiger partial charge in [0.25, 0.3) is 0 Å². The van der Waals surface area contributed by atoms with E-state index in [4.69, 9.17) is 9.47 Å². The lowest BCUT2D eigenvalue weighted by atomic mass is 9.98. The summed E-state index contributed by atoms with van der Waals surface area (Å²) in [5.41, 5.74) is 1.01. The van der Waals surface area contributed by atoms with Crippen molar-refractivity contribution in [1.29, 1.82) is 0 Å². The highest BCUT2D eigenvalue weighted by Crippen LogP contribution is 2.33. The minimum atomic E-state index is -0.637. The maximum Gasteiger partial charge on any atom is 0.184 e. The van der Waals surface area contributed by atoms with Crippen LogP contribution >= 0.6 is 0 Å². The van der Waals surface area contributed by atoms with Crippen molar-refractivity contribution in [3.8, 4) is 0 Å². The van der Waals surface area contributed by atoms with Gasteiger partial charge in [-0.25, -0.2) is 0 Å². The van der Waals surface area contributed by atoms with Gasteiger partial charge in [0, 0.05) is 24.8 Å². The molecule has 0 bridgehead atoms. The van der Waals surface area contributed by atoms with Crippen molar-refractivity contribution in [2.75, 3.05) is 0 Å². The van der Waals surface area contributed by atoms with Gasteiger partial charge in [-0.05, 0) is 6.42 Å². The number of hydrogen-bond acceptors (Lipinski definition) is 4. The lowest BCUT2D eigenvalue weighted by molar-refractivity contribution is -0.253. The average Bonchev–Trinajstić information content (AvgIpc) is 2.62. The van der Waals surface area contributed by atoms with Crippen molar-refractivity contribution in [3.63, 3.8) is 0 Å². The minimum Gasteiger partial charge on any atom is -0.393 e. The van der Waals surface area contributed by atoms with Crippen LogP contribution in [0.15, 0.2) is 30.3 Å². The fourth-order valence-corrected chi connectivity index (χ4v) is 3.38. The van der Waals surface area contributed by atoms with Crippen molar-refractivity contribution in [2.45, 2.75) is 89.3 Å². The Bertz CT molecular complexity index is 476. The molecule has 0 spiro atoms. The number of aldehydes is 1. The molecule has 140 valence electrons. The minimum absolute atomic E-state index is 0.0745. The third-order valence-corrected chi connectivity index (χ3v) is 4.76. The first kappa shape index (κ1) is 20.1. The monoisotopic (exact) mass is 348 g/mol. The first-order valence-corrected chi connectivity index (χ1v) is 9.70. The van der Waals surface area contributed by atoms with E-state index in [1.807, 2.05) is 30.3 Å². The normalized spacial score (nSPS) is 24.8. The Morgan fingerprint density at radius 3 is 2.56 bits per heavy atom. The number of carbonyl (C=O) groups is 1. The van der Waals surface area contributed by atoms with Crippen LogP contribution in [0.25, 0.3) is 0 Å². The summed E-state index contributed by atoms with van der Waals surface area (Å²) in [5, 5.41) is 9.97. The van der Waals surface area contributed by atoms with Crippen LogP contribution in [0.4, 0.5) is 0 Å². The highest BCUT2D eigenvalue weighted by Gasteiger charge is 2.31. The molecule has 4 atom stereocenters. The van der Waals surface area contributed by atoms with Gasteiger partial charge in [-0.1, -0.05) is 69.4 Å². The summed E-state index contributed by atoms with van der Waals surface area (Å²) in [6.07, 6.45) is 8.50. The molecular formula is C21H32O4. The summed E-state index contributed by atoms with van der Waals surface area (Å²) in [4.78, 5) is 10.6. The van der Waals surface area contributed by atoms with Crippen molar-refractivity contribution in [3.05, 3.63) is 35.9 Å². The van der Waals surface area contributed by atoms with E-state index in [2.05, 4.69) is 6.92 Å². The van der Waals surface area contributed by atoms with Crippen LogP contribution in [-0.4, -0.2) is 29.7 Å². The Labute approximate surface area is 151 Å². The average molecular weight is 348 g/mol. The van der Waals surface area contributed by atoms with E-state index >= 15 is 0 Å². The predicted octanol–water partition coefficient (Wildman–Crippen LogP) is 4.56. The molecule has 0 radical (unpaired) electrons. The molecule has 1 saturated heterocycles. The quantitative estimate of drug-likeness (QED) is 0.470. The molecule has 1 fully saturated rings. The van der Waals surface area contributed by atoms with E-state index in [0.717, 1.165) is 31.1 Å². The number of carbonyl (C=O) groups excluding carboxylic acids is 1. The van der Waals surface area contributed by atoms with Crippen LogP contribution in [0, 0.1) is 0 Å². The van der Waals surface area contributed by atoms with Crippen LogP contribution < -0.4 is 0 Å². The summed E-state index contributed by atoms with van der Waals surface area (Å²) in [6.45, 7) is 2.22. The molecule has 4 nitrogen and oxygen atoms in total. The Balaban J connectivity index is 1.92. The lowest BCUT2D eigenvalue weighted by Gasteiger charge is -2.37. The molecule has 2 rings (SSSR count). The summed E-state index contributed by atoms with van der Waals surface area (Å²) >= 11 is 0. The van der Waals surface area contributed by atoms with Gasteiger partial charge in [0.15, 0.2) is 6.29 Å². The molecule has 0 aliphatic carbocycles. The first-order chi connectivity index (χ1) is 12.2. The third kappa shape index (κ3) is 7.27. The molecule has 1 heterocycles. The topological polar surface area (TPSA) is 55.8 Å². The molecule has 0 unspecified atom stereocenters. The number of rotatable bonds is 11. The molecule has 0 amide bonds. The van der Waals surface area contributed by atoms with Gasteiger partial charge >= 0.3 is 0 Å². The second kappa shape index (κ2) is 11.4. The van der Waals surface area contributed by atoms with E-state index in [9.17, 15) is 9.90 Å². The highest BCUT2D eigenvalue weighted by molar-refractivity contribution is 5.49. The largest absolute Gasteiger partial charge is 0.393 e. The molecule has 1 aromatic carbocycles. The standard InChI is InChI=1S/C21H32O4/c1-2-3-4-5-9-12-19-16-20(15-18(23)13-14-22)25-21(24-19)17-10-7-6-8-11-17/h6-8,10-11,14,18-21,23H,2-5,9,12-13,15-16H2,1H3/t18-,19+,20-,21+/m0/s1. The predicted molar refractivity (Wildman–Crippen MR) is 98.2 cm³/mol. The number of ether oxygens (including phenoxy) is 2. The number of aliphatic hydroxyl groups excluding tert-OH is 1. The van der Waals surface area contributed by atoms with Crippen LogP contribution in [0.3, 0.4) is 0 Å². The second-order valence-corrected chi connectivity index (χ2v) is 6.99. The molecule has 4 heteroatoms. The zero-order valence-corrected chi connectivity index (χ0v) is 15.3. The van der Waals surface area contributed by atoms with Gasteiger partial charge in [0.2, 0.25) is 0 Å². The Hall–Kier alpha value is -1.23. The van der Waals surface area contributed by atoms with Crippen LogP contribution in [0.2, 0.25) is 0 Å². The summed E-state index contributed by atoms with van der Waals surface area (Å²) in [5.74, 6) is 0. The van der Waals surface area contributed by atoms with Gasteiger partial charge in [-0.2, -0.15) is 0 Å². The fraction of sp³-hybridized carbons (Fsp3) is 0.667. The van der Waals surface area contributed by atoms with Gasteiger partial charge in [0.05, 0.1) is 18.3 Å². The summed E-state index contributed by atoms with van der Waals surface area (Å²) in [6, 6.07) is 9.95. The Morgan fingerprint density at radius 2 is 1.84 bits per heavy atom. The number of hydrogen-bond donors (Lipinski definition) is 1. The Morgan fingerprint density at radius 1 is 1.12 bits per heavy atom. The zero-order valence-electron chi connectivity index (χ0n) is 15.3. The number of unbranched alkanes of at least 4 members (excludes halogenated alkanes) is 4. The summed E-state index contributed by atoms with van der Waals surface area (Å²) < 4.78 is 12.2. The van der Waals surface area contributed by atoms with Crippen molar-refractivity contribution < 1.29 is 19.4 Å². The van der Waals surface area contributed by atoms with Crippen LogP contribution in [0.5, 0.6) is 0 Å². The highest BCUT2D eigenvalue weighted by atomic mass is 16.7. The maximum absolute atomic E-state index is 10.6. The molecule has 0 saturated carbocycles. The van der Waals surface area contributed by atoms with Gasteiger partial charge in [-0.3, -0.25) is 0 Å². The van der Waals surface area contributed by atoms with Gasteiger partial charge in [0.1, 0.15) is 6.29 Å². The maximum atomic E-state index is 10.6. The van der Waals surface area contributed by atoms with E-state index in [-0.39, 0.29) is 24.9 Å². The van der Waals surface area contributed by atoms with E-state index in [1.165, 1.54) is 25.7 Å². The zero-order chi connectivity index (χ0) is 17.9. The van der Waals surface area contributed by atoms with Crippen LogP contribution in [0.1, 0.15) is 76.6 Å². The Kier molecular flexibility index (Phi) is 9.16. The van der Waals surface area contributed by atoms with Crippen molar-refractivity contribution >= 4 is 6.29 Å². The lowest BCUT2D eigenvalue weighted by Crippen LogP contribution is -2.36. The van der Waals surface area contributed by atoms with Gasteiger partial charge < -0.3 is 19.4 Å². The molecule has 1 aliphatic heterocycles. The van der Waals surface area contributed by atoms with E-state index in [1.54, 1.807) is 0 Å². The fourth-order valence-electron chi connectivity index (χ4n) is 3.38. The molecular weight excluding hydrogens is 316 g/mol. The van der Waals surface area contributed by atoms with E-state index < -0.39 is 6.10 Å².